The number of carbonyl (C=O) groups is 1. The Bertz CT molecular complexity index is 1410. The predicted octanol–water partition coefficient (Wildman–Crippen LogP) is 5.57. The summed E-state index contributed by atoms with van der Waals surface area (Å²) in [6.45, 7) is 0.469. The van der Waals surface area contributed by atoms with Crippen molar-refractivity contribution in [3.8, 4) is 22.9 Å². The molecule has 0 atom stereocenters. The van der Waals surface area contributed by atoms with E-state index in [1.165, 1.54) is 0 Å². The fourth-order valence-electron chi connectivity index (χ4n) is 3.88. The number of nitrogens with zero attached hydrogens (tertiary/aromatic N) is 3. The molecule has 164 valence electrons. The van der Waals surface area contributed by atoms with E-state index >= 15 is 0 Å². The number of rotatable bonds is 6. The van der Waals surface area contributed by atoms with Gasteiger partial charge in [-0.05, 0) is 58.8 Å². The Kier molecular flexibility index (Phi) is 5.40. The van der Waals surface area contributed by atoms with Crippen LogP contribution in [0.25, 0.3) is 27.9 Å². The smallest absolute Gasteiger partial charge is 0.272 e. The van der Waals surface area contributed by atoms with Gasteiger partial charge in [-0.25, -0.2) is 4.68 Å². The Labute approximate surface area is 191 Å². The van der Waals surface area contributed by atoms with Crippen LogP contribution in [-0.2, 0) is 6.54 Å². The minimum absolute atomic E-state index is 0.126. The summed E-state index contributed by atoms with van der Waals surface area (Å²) in [7, 11) is 3.46. The molecule has 0 spiro atoms. The number of aromatic nitrogens is 2. The van der Waals surface area contributed by atoms with Gasteiger partial charge in [0, 0.05) is 19.7 Å². The minimum atomic E-state index is -0.126. The number of hydrogen-bond acceptors (Lipinski definition) is 4. The van der Waals surface area contributed by atoms with Crippen LogP contribution in [0.3, 0.4) is 0 Å². The molecule has 0 bridgehead atoms. The average Bonchev–Trinajstić information content (AvgIpc) is 3.54. The molecule has 1 amide bonds. The lowest BCUT2D eigenvalue weighted by molar-refractivity contribution is 0.0776. The number of benzene rings is 3. The van der Waals surface area contributed by atoms with Gasteiger partial charge in [-0.2, -0.15) is 5.10 Å². The Morgan fingerprint density at radius 3 is 2.52 bits per heavy atom. The third-order valence-corrected chi connectivity index (χ3v) is 5.58. The van der Waals surface area contributed by atoms with Crippen LogP contribution < -0.4 is 4.74 Å². The quantitative estimate of drug-likeness (QED) is 0.349. The van der Waals surface area contributed by atoms with E-state index in [1.54, 1.807) is 42.1 Å². The molecular formula is C27H23N3O3. The number of methoxy groups -OCH3 is 1. The summed E-state index contributed by atoms with van der Waals surface area (Å²) in [5, 5.41) is 6.85. The molecule has 0 aliphatic rings. The van der Waals surface area contributed by atoms with Gasteiger partial charge in [-0.1, -0.05) is 36.4 Å². The fraction of sp³-hybridized carbons (Fsp3) is 0.111. The molecular weight excluding hydrogens is 414 g/mol. The molecule has 2 aromatic heterocycles. The number of carbonyl (C=O) groups excluding carboxylic acids is 1. The highest BCUT2D eigenvalue weighted by Crippen LogP contribution is 2.25. The lowest BCUT2D eigenvalue weighted by Crippen LogP contribution is -2.28. The highest BCUT2D eigenvalue weighted by atomic mass is 16.5. The van der Waals surface area contributed by atoms with E-state index in [0.29, 0.717) is 23.7 Å². The van der Waals surface area contributed by atoms with Crippen molar-refractivity contribution in [1.82, 2.24) is 14.7 Å². The van der Waals surface area contributed by atoms with Gasteiger partial charge in [0.05, 0.1) is 19.1 Å². The van der Waals surface area contributed by atoms with Crippen molar-refractivity contribution in [1.29, 1.82) is 0 Å². The standard InChI is InChI=1S/C27H23N3O3/c1-29(18-19-10-11-21-16-23(32-2)13-12-20(21)15-19)27(31)25-17-24(26-9-6-14-33-26)28-30(25)22-7-4-3-5-8-22/h3-17H,18H2,1-2H3. The number of amides is 1. The van der Waals surface area contributed by atoms with E-state index in [1.807, 2.05) is 60.7 Å². The molecule has 0 saturated carbocycles. The monoisotopic (exact) mass is 437 g/mol. The summed E-state index contributed by atoms with van der Waals surface area (Å²) in [5.41, 5.74) is 2.94. The summed E-state index contributed by atoms with van der Waals surface area (Å²) in [6, 6.07) is 27.2. The maximum absolute atomic E-state index is 13.5. The fourth-order valence-corrected chi connectivity index (χ4v) is 3.88. The molecule has 0 saturated heterocycles. The van der Waals surface area contributed by atoms with Crippen molar-refractivity contribution >= 4 is 16.7 Å². The molecule has 3 aromatic carbocycles. The Balaban J connectivity index is 1.45. The summed E-state index contributed by atoms with van der Waals surface area (Å²) in [6.07, 6.45) is 1.60. The Morgan fingerprint density at radius 1 is 0.970 bits per heavy atom. The van der Waals surface area contributed by atoms with Crippen molar-refractivity contribution in [3.63, 3.8) is 0 Å². The zero-order valence-electron chi connectivity index (χ0n) is 18.4. The second-order valence-corrected chi connectivity index (χ2v) is 7.85. The highest BCUT2D eigenvalue weighted by molar-refractivity contribution is 5.94. The first-order chi connectivity index (χ1) is 16.1. The van der Waals surface area contributed by atoms with Crippen LogP contribution in [0.1, 0.15) is 16.1 Å². The number of furan rings is 1. The predicted molar refractivity (Wildman–Crippen MR) is 128 cm³/mol. The molecule has 2 heterocycles. The van der Waals surface area contributed by atoms with Crippen molar-refractivity contribution in [2.75, 3.05) is 14.2 Å². The van der Waals surface area contributed by atoms with Crippen LogP contribution in [-0.4, -0.2) is 34.7 Å². The van der Waals surface area contributed by atoms with E-state index in [4.69, 9.17) is 9.15 Å². The summed E-state index contributed by atoms with van der Waals surface area (Å²) >= 11 is 0. The van der Waals surface area contributed by atoms with Crippen molar-refractivity contribution in [2.45, 2.75) is 6.54 Å². The van der Waals surface area contributed by atoms with Gasteiger partial charge < -0.3 is 14.1 Å². The van der Waals surface area contributed by atoms with Crippen LogP contribution >= 0.6 is 0 Å². The van der Waals surface area contributed by atoms with Gasteiger partial charge in [0.25, 0.3) is 5.91 Å². The van der Waals surface area contributed by atoms with Gasteiger partial charge in [0.15, 0.2) is 5.76 Å². The maximum Gasteiger partial charge on any atom is 0.272 e. The Hall–Kier alpha value is -4.32. The topological polar surface area (TPSA) is 60.5 Å². The first-order valence-electron chi connectivity index (χ1n) is 10.6. The summed E-state index contributed by atoms with van der Waals surface area (Å²) in [4.78, 5) is 15.2. The van der Waals surface area contributed by atoms with Crippen LogP contribution in [0.2, 0.25) is 0 Å². The molecule has 0 N–H and O–H groups in total. The molecule has 6 heteroatoms. The molecule has 0 unspecified atom stereocenters. The van der Waals surface area contributed by atoms with E-state index in [9.17, 15) is 4.79 Å². The zero-order valence-corrected chi connectivity index (χ0v) is 18.4. The molecule has 0 aliphatic carbocycles. The van der Waals surface area contributed by atoms with Crippen LogP contribution in [0.15, 0.2) is 95.6 Å². The summed E-state index contributed by atoms with van der Waals surface area (Å²) in [5.74, 6) is 1.31. The van der Waals surface area contributed by atoms with Crippen LogP contribution in [0, 0.1) is 0 Å². The van der Waals surface area contributed by atoms with Crippen LogP contribution in [0.4, 0.5) is 0 Å². The van der Waals surface area contributed by atoms with E-state index < -0.39 is 0 Å². The second-order valence-electron chi connectivity index (χ2n) is 7.85. The molecule has 0 fully saturated rings. The summed E-state index contributed by atoms with van der Waals surface area (Å²) < 4.78 is 12.5. The number of ether oxygens (including phenoxy) is 1. The zero-order chi connectivity index (χ0) is 22.8. The maximum atomic E-state index is 13.5. The molecule has 5 rings (SSSR count). The minimum Gasteiger partial charge on any atom is -0.497 e. The second kappa shape index (κ2) is 8.67. The van der Waals surface area contributed by atoms with Crippen molar-refractivity contribution in [3.05, 3.63) is 102 Å². The number of hydrogen-bond donors (Lipinski definition) is 0. The first-order valence-corrected chi connectivity index (χ1v) is 10.6. The average molecular weight is 437 g/mol. The lowest BCUT2D eigenvalue weighted by atomic mass is 10.1. The molecule has 33 heavy (non-hydrogen) atoms. The van der Waals surface area contributed by atoms with Crippen molar-refractivity contribution in [2.24, 2.45) is 0 Å². The lowest BCUT2D eigenvalue weighted by Gasteiger charge is -2.18. The largest absolute Gasteiger partial charge is 0.497 e. The molecule has 5 aromatic rings. The van der Waals surface area contributed by atoms with Gasteiger partial charge >= 0.3 is 0 Å². The van der Waals surface area contributed by atoms with Gasteiger partial charge in [-0.15, -0.1) is 0 Å². The first kappa shape index (κ1) is 20.6. The van der Waals surface area contributed by atoms with Crippen molar-refractivity contribution < 1.29 is 13.9 Å². The Morgan fingerprint density at radius 2 is 1.76 bits per heavy atom. The van der Waals surface area contributed by atoms with E-state index in [0.717, 1.165) is 27.8 Å². The highest BCUT2D eigenvalue weighted by Gasteiger charge is 2.22. The third kappa shape index (κ3) is 4.11. The van der Waals surface area contributed by atoms with E-state index in [2.05, 4.69) is 17.2 Å². The van der Waals surface area contributed by atoms with Gasteiger partial charge in [0.2, 0.25) is 0 Å². The molecule has 0 aliphatic heterocycles. The van der Waals surface area contributed by atoms with Gasteiger partial charge in [0.1, 0.15) is 17.1 Å². The van der Waals surface area contributed by atoms with Crippen LogP contribution in [0.5, 0.6) is 5.75 Å². The molecule has 6 nitrogen and oxygen atoms in total. The normalized spacial score (nSPS) is 11.0. The third-order valence-electron chi connectivity index (χ3n) is 5.58. The number of para-hydroxylation sites is 1. The number of fused-ring (bicyclic) bond motifs is 1. The SMILES string of the molecule is COc1ccc2cc(CN(C)C(=O)c3cc(-c4ccco4)nn3-c3ccccc3)ccc2c1. The van der Waals surface area contributed by atoms with Gasteiger partial charge in [-0.3, -0.25) is 4.79 Å². The molecule has 0 radical (unpaired) electrons. The van der Waals surface area contributed by atoms with E-state index in [-0.39, 0.29) is 5.91 Å².